The number of hydrogen-bond donors (Lipinski definition) is 0. The molecule has 0 amide bonds. The van der Waals surface area contributed by atoms with E-state index in [9.17, 15) is 0 Å². The summed E-state index contributed by atoms with van der Waals surface area (Å²) in [7, 11) is 2.07. The van der Waals surface area contributed by atoms with Crippen molar-refractivity contribution in [2.24, 2.45) is 5.41 Å². The Morgan fingerprint density at radius 3 is 2.17 bits per heavy atom. The molecule has 0 aromatic carbocycles. The molecule has 2 heteroatoms. The highest BCUT2D eigenvalue weighted by Gasteiger charge is 2.42. The maximum absolute atomic E-state index is 5.23. The number of hydrogen-bond acceptors (Lipinski definition) is 1. The van der Waals surface area contributed by atoms with Crippen LogP contribution in [0, 0.1) is 5.41 Å². The first-order valence-corrected chi connectivity index (χ1v) is 4.73. The Morgan fingerprint density at radius 1 is 1.42 bits per heavy atom. The van der Waals surface area contributed by atoms with Gasteiger partial charge in [-0.1, -0.05) is 39.1 Å². The van der Waals surface area contributed by atoms with Gasteiger partial charge < -0.3 is 4.90 Å². The van der Waals surface area contributed by atoms with E-state index in [2.05, 4.69) is 45.7 Å². The van der Waals surface area contributed by atoms with E-state index in [4.69, 9.17) is 12.2 Å². The lowest BCUT2D eigenvalue weighted by molar-refractivity contribution is 0.199. The molecule has 1 heterocycles. The molecule has 1 aliphatic rings. The smallest absolute Gasteiger partial charge is 0.107 e. The topological polar surface area (TPSA) is 3.24 Å². The summed E-state index contributed by atoms with van der Waals surface area (Å²) >= 11 is 5.23. The van der Waals surface area contributed by atoms with Crippen LogP contribution < -0.4 is 0 Å². The van der Waals surface area contributed by atoms with Crippen LogP contribution in [-0.4, -0.2) is 23.0 Å². The minimum absolute atomic E-state index is 0.291. The van der Waals surface area contributed by atoms with Crippen LogP contribution in [0.3, 0.4) is 0 Å². The van der Waals surface area contributed by atoms with Crippen molar-refractivity contribution in [1.82, 2.24) is 4.90 Å². The third-order valence-electron chi connectivity index (χ3n) is 2.38. The monoisotopic (exact) mass is 183 g/mol. The quantitative estimate of drug-likeness (QED) is 0.419. The fourth-order valence-corrected chi connectivity index (χ4v) is 2.24. The molecule has 0 aliphatic carbocycles. The highest BCUT2D eigenvalue weighted by molar-refractivity contribution is 7.80. The summed E-state index contributed by atoms with van der Waals surface area (Å²) in [5.74, 6) is 0. The maximum Gasteiger partial charge on any atom is 0.107 e. The summed E-state index contributed by atoms with van der Waals surface area (Å²) in [6.07, 6.45) is 2.14. The van der Waals surface area contributed by atoms with E-state index in [1.54, 1.807) is 0 Å². The van der Waals surface area contributed by atoms with Gasteiger partial charge in [0.15, 0.2) is 0 Å². The first kappa shape index (κ1) is 9.72. The molecule has 1 atom stereocenters. The summed E-state index contributed by atoms with van der Waals surface area (Å²) in [6.45, 7) is 8.81. The second kappa shape index (κ2) is 2.84. The highest BCUT2D eigenvalue weighted by atomic mass is 32.1. The van der Waals surface area contributed by atoms with Gasteiger partial charge in [0.2, 0.25) is 0 Å². The Balaban J connectivity index is 2.88. The molecule has 0 spiro atoms. The lowest BCUT2D eigenvalue weighted by Gasteiger charge is -2.50. The Morgan fingerprint density at radius 2 is 1.92 bits per heavy atom. The average molecular weight is 183 g/mol. The molecule has 1 nitrogen and oxygen atoms in total. The number of likely N-dealkylation sites (tertiary alicyclic amines) is 1. The fraction of sp³-hybridized carbons (Fsp3) is 0.700. The van der Waals surface area contributed by atoms with Crippen LogP contribution in [0.2, 0.25) is 0 Å². The normalized spacial score (nSPS) is 27.8. The molecular formula is C10H17NS. The number of nitrogens with zero attached hydrogens (tertiary/aromatic N) is 1. The first-order chi connectivity index (χ1) is 5.39. The number of likely N-dealkylation sites (N-methyl/N-ethyl adjacent to an activating group) is 1. The standard InChI is InChI=1S/C10H17NS/c1-6-7-8(10(2,3)4)11(5)9(7)12/h6,8H,1-5H3/b7-6+/t8-/m1/s1. The van der Waals surface area contributed by atoms with Crippen molar-refractivity contribution in [2.45, 2.75) is 33.7 Å². The van der Waals surface area contributed by atoms with Crippen LogP contribution in [-0.2, 0) is 0 Å². The molecule has 0 saturated carbocycles. The second-order valence-electron chi connectivity index (χ2n) is 4.43. The Hall–Kier alpha value is -0.370. The van der Waals surface area contributed by atoms with Crippen molar-refractivity contribution in [2.75, 3.05) is 7.05 Å². The molecule has 0 bridgehead atoms. The van der Waals surface area contributed by atoms with Crippen LogP contribution in [0.15, 0.2) is 11.6 Å². The molecule has 1 aliphatic heterocycles. The van der Waals surface area contributed by atoms with Crippen LogP contribution in [0.4, 0.5) is 0 Å². The van der Waals surface area contributed by atoms with Gasteiger partial charge in [0, 0.05) is 12.6 Å². The zero-order valence-electron chi connectivity index (χ0n) is 8.51. The van der Waals surface area contributed by atoms with E-state index < -0.39 is 0 Å². The Labute approximate surface area is 80.4 Å². The molecule has 0 aromatic heterocycles. The molecule has 1 rings (SSSR count). The van der Waals surface area contributed by atoms with Crippen LogP contribution in [0.25, 0.3) is 0 Å². The molecule has 1 fully saturated rings. The maximum atomic E-state index is 5.23. The fourth-order valence-electron chi connectivity index (χ4n) is 1.91. The van der Waals surface area contributed by atoms with Gasteiger partial charge in [-0.2, -0.15) is 0 Å². The van der Waals surface area contributed by atoms with E-state index in [0.29, 0.717) is 11.5 Å². The number of thiocarbonyl (C=S) groups is 1. The lowest BCUT2D eigenvalue weighted by Crippen LogP contribution is -2.57. The Bertz CT molecular complexity index is 235. The summed E-state index contributed by atoms with van der Waals surface area (Å²) in [5, 5.41) is 0. The molecule has 0 unspecified atom stereocenters. The van der Waals surface area contributed by atoms with Gasteiger partial charge in [-0.25, -0.2) is 0 Å². The van der Waals surface area contributed by atoms with Crippen LogP contribution >= 0.6 is 12.2 Å². The van der Waals surface area contributed by atoms with Gasteiger partial charge in [-0.3, -0.25) is 0 Å². The van der Waals surface area contributed by atoms with Crippen molar-refractivity contribution < 1.29 is 0 Å². The van der Waals surface area contributed by atoms with Crippen molar-refractivity contribution in [3.63, 3.8) is 0 Å². The van der Waals surface area contributed by atoms with E-state index in [-0.39, 0.29) is 0 Å². The molecular weight excluding hydrogens is 166 g/mol. The van der Waals surface area contributed by atoms with Gasteiger partial charge in [0.25, 0.3) is 0 Å². The molecule has 0 N–H and O–H groups in total. The van der Waals surface area contributed by atoms with E-state index in [0.717, 1.165) is 4.99 Å². The summed E-state index contributed by atoms with van der Waals surface area (Å²) in [6, 6.07) is 0.509. The summed E-state index contributed by atoms with van der Waals surface area (Å²) in [4.78, 5) is 3.20. The SMILES string of the molecule is C/C=C1/C(=S)N(C)[C@H]1C(C)(C)C. The summed E-state index contributed by atoms with van der Waals surface area (Å²) in [5.41, 5.74) is 1.62. The van der Waals surface area contributed by atoms with Crippen molar-refractivity contribution >= 4 is 17.2 Å². The van der Waals surface area contributed by atoms with E-state index >= 15 is 0 Å². The van der Waals surface area contributed by atoms with Gasteiger partial charge in [0.05, 0.1) is 6.04 Å². The minimum Gasteiger partial charge on any atom is -0.358 e. The third-order valence-corrected chi connectivity index (χ3v) is 2.90. The van der Waals surface area contributed by atoms with Gasteiger partial charge >= 0.3 is 0 Å². The Kier molecular flexibility index (Phi) is 2.30. The zero-order valence-corrected chi connectivity index (χ0v) is 9.33. The van der Waals surface area contributed by atoms with Crippen LogP contribution in [0.1, 0.15) is 27.7 Å². The molecule has 0 aromatic rings. The third kappa shape index (κ3) is 1.28. The highest BCUT2D eigenvalue weighted by Crippen LogP contribution is 2.38. The van der Waals surface area contributed by atoms with Crippen molar-refractivity contribution in [3.05, 3.63) is 11.6 Å². The molecule has 0 radical (unpaired) electrons. The molecule has 12 heavy (non-hydrogen) atoms. The van der Waals surface area contributed by atoms with Gasteiger partial charge in [0.1, 0.15) is 4.99 Å². The number of rotatable bonds is 0. The van der Waals surface area contributed by atoms with Crippen LogP contribution in [0.5, 0.6) is 0 Å². The summed E-state index contributed by atoms with van der Waals surface area (Å²) < 4.78 is 0. The van der Waals surface area contributed by atoms with E-state index in [1.165, 1.54) is 5.57 Å². The molecule has 1 saturated heterocycles. The minimum atomic E-state index is 0.291. The van der Waals surface area contributed by atoms with Crippen molar-refractivity contribution in [1.29, 1.82) is 0 Å². The number of allylic oxidation sites excluding steroid dienone is 1. The predicted molar refractivity (Wildman–Crippen MR) is 57.4 cm³/mol. The second-order valence-corrected chi connectivity index (χ2v) is 4.82. The largest absolute Gasteiger partial charge is 0.358 e. The zero-order chi connectivity index (χ0) is 9.52. The lowest BCUT2D eigenvalue weighted by atomic mass is 9.76. The first-order valence-electron chi connectivity index (χ1n) is 4.33. The van der Waals surface area contributed by atoms with Gasteiger partial charge in [-0.15, -0.1) is 0 Å². The predicted octanol–water partition coefficient (Wildman–Crippen LogP) is 2.62. The van der Waals surface area contributed by atoms with E-state index in [1.807, 2.05) is 0 Å². The average Bonchev–Trinajstić information content (AvgIpc) is 1.95. The molecule has 68 valence electrons. The van der Waals surface area contributed by atoms with Crippen molar-refractivity contribution in [3.8, 4) is 0 Å². The van der Waals surface area contributed by atoms with Gasteiger partial charge in [-0.05, 0) is 12.3 Å².